The van der Waals surface area contributed by atoms with Gasteiger partial charge in [0.25, 0.3) is 0 Å². The highest BCUT2D eigenvalue weighted by Gasteiger charge is 2.01. The van der Waals surface area contributed by atoms with Crippen molar-refractivity contribution in [1.29, 1.82) is 0 Å². The monoisotopic (exact) mass is 280 g/mol. The Morgan fingerprint density at radius 3 is 2.75 bits per heavy atom. The van der Waals surface area contributed by atoms with Crippen molar-refractivity contribution in [2.24, 2.45) is 0 Å². The average Bonchev–Trinajstić information content (AvgIpc) is 2.76. The van der Waals surface area contributed by atoms with Gasteiger partial charge in [-0.3, -0.25) is 0 Å². The number of hydrogen-bond acceptors (Lipinski definition) is 3. The van der Waals surface area contributed by atoms with Crippen LogP contribution in [-0.2, 0) is 6.42 Å². The lowest BCUT2D eigenvalue weighted by Crippen LogP contribution is -2.10. The first-order chi connectivity index (χ1) is 7.79. The lowest BCUT2D eigenvalue weighted by Gasteiger charge is -1.99. The van der Waals surface area contributed by atoms with Gasteiger partial charge in [0, 0.05) is 17.4 Å². The third kappa shape index (κ3) is 2.68. The summed E-state index contributed by atoms with van der Waals surface area (Å²) < 4.78 is 2.85. The average molecular weight is 281 g/mol. The highest BCUT2D eigenvalue weighted by Crippen LogP contribution is 2.13. The Morgan fingerprint density at radius 2 is 2.06 bits per heavy atom. The lowest BCUT2D eigenvalue weighted by molar-refractivity contribution is 0.763. The number of nitrogens with one attached hydrogen (secondary N) is 1. The zero-order chi connectivity index (χ0) is 11.4. The number of benzene rings is 1. The van der Waals surface area contributed by atoms with Crippen molar-refractivity contribution in [2.45, 2.75) is 6.42 Å². The van der Waals surface area contributed by atoms with E-state index in [2.05, 4.69) is 31.6 Å². The molecule has 16 heavy (non-hydrogen) atoms. The quantitative estimate of drug-likeness (QED) is 0.929. The maximum atomic E-state index is 4.11. The molecule has 84 valence electrons. The van der Waals surface area contributed by atoms with Gasteiger partial charge in [-0.2, -0.15) is 0 Å². The molecule has 1 aromatic carbocycles. The van der Waals surface area contributed by atoms with Crippen LogP contribution in [0.4, 0.5) is 0 Å². The molecule has 0 aliphatic rings. The van der Waals surface area contributed by atoms with Gasteiger partial charge in [0.05, 0.1) is 17.6 Å². The minimum absolute atomic E-state index is 0.896. The van der Waals surface area contributed by atoms with Crippen molar-refractivity contribution < 1.29 is 0 Å². The van der Waals surface area contributed by atoms with E-state index in [4.69, 9.17) is 0 Å². The van der Waals surface area contributed by atoms with Gasteiger partial charge >= 0.3 is 0 Å². The maximum absolute atomic E-state index is 4.11. The number of halogens is 1. The predicted octanol–water partition coefficient (Wildman–Crippen LogP) is 1.79. The van der Waals surface area contributed by atoms with Gasteiger partial charge in [-0.05, 0) is 31.3 Å². The van der Waals surface area contributed by atoms with E-state index in [0.717, 1.165) is 28.8 Å². The fraction of sp³-hybridized carbons (Fsp3) is 0.273. The smallest absolute Gasteiger partial charge is 0.0844 e. The minimum atomic E-state index is 0.896. The number of hydrogen-bond donors (Lipinski definition) is 1. The van der Waals surface area contributed by atoms with Gasteiger partial charge < -0.3 is 5.32 Å². The first kappa shape index (κ1) is 11.3. The molecule has 1 aromatic heterocycles. The number of rotatable bonds is 4. The van der Waals surface area contributed by atoms with E-state index in [0.29, 0.717) is 0 Å². The highest BCUT2D eigenvalue weighted by atomic mass is 79.9. The Bertz CT molecular complexity index is 449. The second-order valence-electron chi connectivity index (χ2n) is 3.48. The zero-order valence-electron chi connectivity index (χ0n) is 9.02. The van der Waals surface area contributed by atoms with Crippen molar-refractivity contribution in [3.8, 4) is 5.69 Å². The number of aromatic nitrogens is 3. The summed E-state index contributed by atoms with van der Waals surface area (Å²) >= 11 is 3.40. The van der Waals surface area contributed by atoms with Crippen LogP contribution in [0.2, 0.25) is 0 Å². The second kappa shape index (κ2) is 5.23. The molecule has 0 amide bonds. The molecule has 0 saturated heterocycles. The Kier molecular flexibility index (Phi) is 3.69. The van der Waals surface area contributed by atoms with Crippen molar-refractivity contribution in [3.05, 3.63) is 40.6 Å². The molecular weight excluding hydrogens is 268 g/mol. The molecule has 0 bridgehead atoms. The van der Waals surface area contributed by atoms with Crippen LogP contribution in [-0.4, -0.2) is 28.6 Å². The van der Waals surface area contributed by atoms with Crippen LogP contribution in [0.3, 0.4) is 0 Å². The Morgan fingerprint density at radius 1 is 1.31 bits per heavy atom. The van der Waals surface area contributed by atoms with Gasteiger partial charge in [-0.1, -0.05) is 21.1 Å². The zero-order valence-corrected chi connectivity index (χ0v) is 10.6. The van der Waals surface area contributed by atoms with Crippen LogP contribution in [0.5, 0.6) is 0 Å². The largest absolute Gasteiger partial charge is 0.319 e. The van der Waals surface area contributed by atoms with E-state index in [1.807, 2.05) is 37.5 Å². The first-order valence-electron chi connectivity index (χ1n) is 5.11. The molecule has 1 N–H and O–H groups in total. The summed E-state index contributed by atoms with van der Waals surface area (Å²) in [7, 11) is 1.93. The van der Waals surface area contributed by atoms with E-state index in [9.17, 15) is 0 Å². The van der Waals surface area contributed by atoms with Gasteiger partial charge in [0.2, 0.25) is 0 Å². The molecule has 2 aromatic rings. The fourth-order valence-electron chi connectivity index (χ4n) is 1.39. The van der Waals surface area contributed by atoms with Crippen LogP contribution >= 0.6 is 15.9 Å². The van der Waals surface area contributed by atoms with Gasteiger partial charge in [0.1, 0.15) is 0 Å². The SMILES string of the molecule is CNCCc1cn(-c2ccc(Br)cc2)nn1. The molecule has 5 heteroatoms. The molecule has 0 saturated carbocycles. The van der Waals surface area contributed by atoms with Crippen molar-refractivity contribution in [2.75, 3.05) is 13.6 Å². The summed E-state index contributed by atoms with van der Waals surface area (Å²) in [6.45, 7) is 0.916. The van der Waals surface area contributed by atoms with Crippen molar-refractivity contribution in [1.82, 2.24) is 20.3 Å². The number of likely N-dealkylation sites (N-methyl/N-ethyl adjacent to an activating group) is 1. The van der Waals surface area contributed by atoms with Crippen LogP contribution in [0.15, 0.2) is 34.9 Å². The fourth-order valence-corrected chi connectivity index (χ4v) is 1.65. The van der Waals surface area contributed by atoms with Crippen molar-refractivity contribution in [3.63, 3.8) is 0 Å². The standard InChI is InChI=1S/C11H13BrN4/c1-13-7-6-10-8-16(15-14-10)11-4-2-9(12)3-5-11/h2-5,8,13H,6-7H2,1H3. The van der Waals surface area contributed by atoms with E-state index >= 15 is 0 Å². The summed E-state index contributed by atoms with van der Waals surface area (Å²) in [6.07, 6.45) is 2.85. The topological polar surface area (TPSA) is 42.7 Å². The molecule has 2 rings (SSSR count). The van der Waals surface area contributed by atoms with E-state index in [-0.39, 0.29) is 0 Å². The van der Waals surface area contributed by atoms with E-state index in [1.54, 1.807) is 4.68 Å². The summed E-state index contributed by atoms with van der Waals surface area (Å²) in [5.74, 6) is 0. The molecule has 0 fully saturated rings. The molecule has 4 nitrogen and oxygen atoms in total. The predicted molar refractivity (Wildman–Crippen MR) is 66.7 cm³/mol. The molecule has 0 atom stereocenters. The molecule has 0 radical (unpaired) electrons. The first-order valence-corrected chi connectivity index (χ1v) is 5.90. The Labute approximate surface area is 103 Å². The molecule has 0 spiro atoms. The van der Waals surface area contributed by atoms with Crippen LogP contribution in [0.25, 0.3) is 5.69 Å². The number of nitrogens with zero attached hydrogens (tertiary/aromatic N) is 3. The second-order valence-corrected chi connectivity index (χ2v) is 4.40. The third-order valence-corrected chi connectivity index (χ3v) is 2.79. The Hall–Kier alpha value is -1.20. The van der Waals surface area contributed by atoms with E-state index in [1.165, 1.54) is 0 Å². The van der Waals surface area contributed by atoms with Gasteiger partial charge in [0.15, 0.2) is 0 Å². The summed E-state index contributed by atoms with van der Waals surface area (Å²) in [6, 6.07) is 7.98. The molecular formula is C11H13BrN4. The summed E-state index contributed by atoms with van der Waals surface area (Å²) in [5.41, 5.74) is 2.02. The summed E-state index contributed by atoms with van der Waals surface area (Å²) in [5, 5.41) is 11.3. The molecule has 0 aliphatic heterocycles. The third-order valence-electron chi connectivity index (χ3n) is 2.26. The van der Waals surface area contributed by atoms with Gasteiger partial charge in [-0.15, -0.1) is 5.10 Å². The Balaban J connectivity index is 2.15. The van der Waals surface area contributed by atoms with Crippen LogP contribution in [0, 0.1) is 0 Å². The normalized spacial score (nSPS) is 10.6. The summed E-state index contributed by atoms with van der Waals surface area (Å²) in [4.78, 5) is 0. The molecule has 0 unspecified atom stereocenters. The van der Waals surface area contributed by atoms with Gasteiger partial charge in [-0.25, -0.2) is 4.68 Å². The van der Waals surface area contributed by atoms with Crippen LogP contribution in [0.1, 0.15) is 5.69 Å². The highest BCUT2D eigenvalue weighted by molar-refractivity contribution is 9.10. The molecule has 0 aliphatic carbocycles. The minimum Gasteiger partial charge on any atom is -0.319 e. The lowest BCUT2D eigenvalue weighted by atomic mass is 10.3. The van der Waals surface area contributed by atoms with Crippen molar-refractivity contribution >= 4 is 15.9 Å². The van der Waals surface area contributed by atoms with Crippen LogP contribution < -0.4 is 5.32 Å². The molecule has 1 heterocycles. The van der Waals surface area contributed by atoms with E-state index < -0.39 is 0 Å². The maximum Gasteiger partial charge on any atom is 0.0844 e.